The van der Waals surface area contributed by atoms with Crippen LogP contribution in [0.25, 0.3) is 38.8 Å². The van der Waals surface area contributed by atoms with Crippen LogP contribution in [0.15, 0.2) is 60.0 Å². The van der Waals surface area contributed by atoms with E-state index in [1.807, 2.05) is 30.7 Å². The molecule has 5 aromatic rings. The van der Waals surface area contributed by atoms with Crippen LogP contribution in [0.2, 0.25) is 0 Å². The minimum Gasteiger partial charge on any atom is -0.310 e. The average molecular weight is 397 g/mol. The van der Waals surface area contributed by atoms with Gasteiger partial charge in [0, 0.05) is 41.8 Å². The van der Waals surface area contributed by atoms with Crippen LogP contribution in [-0.4, -0.2) is 36.3 Å². The van der Waals surface area contributed by atoms with Crippen LogP contribution >= 0.6 is 0 Å². The summed E-state index contributed by atoms with van der Waals surface area (Å²) in [7, 11) is 0. The molecule has 1 saturated heterocycles. The molecule has 3 N–H and O–H groups in total. The molecule has 1 aliphatic heterocycles. The van der Waals surface area contributed by atoms with Gasteiger partial charge in [-0.3, -0.25) is 19.6 Å². The maximum atomic E-state index is 12.5. The lowest BCUT2D eigenvalue weighted by atomic mass is 9.94. The highest BCUT2D eigenvalue weighted by atomic mass is 16.1. The highest BCUT2D eigenvalue weighted by Crippen LogP contribution is 2.34. The first-order chi connectivity index (χ1) is 14.8. The van der Waals surface area contributed by atoms with E-state index >= 15 is 0 Å². The molecule has 0 spiro atoms. The number of imidazole rings is 1. The second-order valence-electron chi connectivity index (χ2n) is 7.63. The van der Waals surface area contributed by atoms with Crippen LogP contribution in [0.3, 0.4) is 0 Å². The SMILES string of the molecule is O=c1[nH]c2ncc(-c3cc(C4CCCN4)c4cnccc4c3)cc2n1-c1cn[nH]c1. The number of H-pyrrole nitrogens is 2. The van der Waals surface area contributed by atoms with Gasteiger partial charge in [0.05, 0.1) is 17.4 Å². The van der Waals surface area contributed by atoms with Crippen LogP contribution in [0.1, 0.15) is 24.4 Å². The van der Waals surface area contributed by atoms with Crippen molar-refractivity contribution in [2.75, 3.05) is 6.54 Å². The average Bonchev–Trinajstić information content (AvgIpc) is 3.53. The Morgan fingerprint density at radius 1 is 1.10 bits per heavy atom. The van der Waals surface area contributed by atoms with Crippen LogP contribution in [0.4, 0.5) is 0 Å². The lowest BCUT2D eigenvalue weighted by Gasteiger charge is -2.16. The summed E-state index contributed by atoms with van der Waals surface area (Å²) in [6, 6.07) is 8.75. The number of nitrogens with zero attached hydrogens (tertiary/aromatic N) is 4. The Labute approximate surface area is 171 Å². The summed E-state index contributed by atoms with van der Waals surface area (Å²) in [4.78, 5) is 24.2. The fraction of sp³-hybridized carbons (Fsp3) is 0.182. The molecule has 1 unspecified atom stereocenters. The summed E-state index contributed by atoms with van der Waals surface area (Å²) in [5, 5.41) is 12.6. The number of hydrogen-bond acceptors (Lipinski definition) is 5. The van der Waals surface area contributed by atoms with E-state index in [0.29, 0.717) is 22.9 Å². The van der Waals surface area contributed by atoms with E-state index in [1.165, 1.54) is 17.4 Å². The molecule has 8 nitrogen and oxygen atoms in total. The van der Waals surface area contributed by atoms with Crippen LogP contribution in [0.5, 0.6) is 0 Å². The molecule has 1 atom stereocenters. The maximum absolute atomic E-state index is 12.5. The molecule has 148 valence electrons. The van der Waals surface area contributed by atoms with Crippen molar-refractivity contribution in [2.45, 2.75) is 18.9 Å². The van der Waals surface area contributed by atoms with Crippen molar-refractivity contribution in [3.63, 3.8) is 0 Å². The molecule has 0 bridgehead atoms. The van der Waals surface area contributed by atoms with E-state index in [1.54, 1.807) is 17.0 Å². The topological polar surface area (TPSA) is 104 Å². The van der Waals surface area contributed by atoms with E-state index < -0.39 is 0 Å². The molecule has 0 radical (unpaired) electrons. The molecule has 8 heteroatoms. The number of benzene rings is 1. The number of fused-ring (bicyclic) bond motifs is 2. The van der Waals surface area contributed by atoms with E-state index in [2.05, 4.69) is 42.6 Å². The zero-order chi connectivity index (χ0) is 20.1. The lowest BCUT2D eigenvalue weighted by Crippen LogP contribution is -2.13. The minimum atomic E-state index is -0.239. The molecule has 0 saturated carbocycles. The van der Waals surface area contributed by atoms with Crippen molar-refractivity contribution in [1.29, 1.82) is 0 Å². The smallest absolute Gasteiger partial charge is 0.310 e. The normalized spacial score (nSPS) is 16.6. The fourth-order valence-corrected chi connectivity index (χ4v) is 4.40. The van der Waals surface area contributed by atoms with Gasteiger partial charge in [0.15, 0.2) is 5.65 Å². The predicted octanol–water partition coefficient (Wildman–Crippen LogP) is 3.08. The van der Waals surface area contributed by atoms with Gasteiger partial charge in [0.2, 0.25) is 0 Å². The second-order valence-corrected chi connectivity index (χ2v) is 7.63. The number of pyridine rings is 2. The molecule has 5 heterocycles. The summed E-state index contributed by atoms with van der Waals surface area (Å²) in [5.74, 6) is 0. The summed E-state index contributed by atoms with van der Waals surface area (Å²) in [6.45, 7) is 1.03. The van der Waals surface area contributed by atoms with Gasteiger partial charge in [-0.05, 0) is 60.2 Å². The third kappa shape index (κ3) is 2.65. The monoisotopic (exact) mass is 397 g/mol. The molecule has 0 amide bonds. The van der Waals surface area contributed by atoms with Gasteiger partial charge in [-0.1, -0.05) is 0 Å². The minimum absolute atomic E-state index is 0.239. The lowest BCUT2D eigenvalue weighted by molar-refractivity contribution is 0.653. The first-order valence-corrected chi connectivity index (χ1v) is 9.99. The van der Waals surface area contributed by atoms with Gasteiger partial charge in [-0.2, -0.15) is 5.10 Å². The van der Waals surface area contributed by atoms with Crippen LogP contribution in [-0.2, 0) is 0 Å². The molecular weight excluding hydrogens is 378 g/mol. The Morgan fingerprint density at radius 2 is 2.07 bits per heavy atom. The first-order valence-electron chi connectivity index (χ1n) is 9.99. The Kier molecular flexibility index (Phi) is 3.78. The highest BCUT2D eigenvalue weighted by Gasteiger charge is 2.20. The maximum Gasteiger partial charge on any atom is 0.332 e. The third-order valence-corrected chi connectivity index (χ3v) is 5.84. The predicted molar refractivity (Wildman–Crippen MR) is 115 cm³/mol. The van der Waals surface area contributed by atoms with Gasteiger partial charge < -0.3 is 5.32 Å². The third-order valence-electron chi connectivity index (χ3n) is 5.84. The van der Waals surface area contributed by atoms with Gasteiger partial charge >= 0.3 is 5.69 Å². The largest absolute Gasteiger partial charge is 0.332 e. The van der Waals surface area contributed by atoms with Crippen molar-refractivity contribution in [3.8, 4) is 16.8 Å². The van der Waals surface area contributed by atoms with E-state index in [-0.39, 0.29) is 5.69 Å². The van der Waals surface area contributed by atoms with Crippen molar-refractivity contribution in [2.24, 2.45) is 0 Å². The van der Waals surface area contributed by atoms with E-state index in [0.717, 1.165) is 29.5 Å². The number of nitrogens with one attached hydrogen (secondary N) is 3. The van der Waals surface area contributed by atoms with E-state index in [4.69, 9.17) is 0 Å². The standard InChI is InChI=1S/C22H19N7O/c30-22-28-21-20(29(22)16-10-26-27-11-16)8-15(9-25-21)14-6-13-3-5-23-12-18(13)17(7-14)19-2-1-4-24-19/h3,5-12,19,24H,1-2,4H2,(H,26,27)(H,25,28,30). The number of hydrogen-bond donors (Lipinski definition) is 3. The molecule has 6 rings (SSSR count). The van der Waals surface area contributed by atoms with Gasteiger partial charge in [-0.15, -0.1) is 0 Å². The Balaban J connectivity index is 1.57. The Morgan fingerprint density at radius 3 is 2.90 bits per heavy atom. The number of aromatic amines is 2. The zero-order valence-corrected chi connectivity index (χ0v) is 16.1. The fourth-order valence-electron chi connectivity index (χ4n) is 4.40. The van der Waals surface area contributed by atoms with Crippen molar-refractivity contribution in [3.05, 3.63) is 71.3 Å². The highest BCUT2D eigenvalue weighted by molar-refractivity contribution is 5.91. The van der Waals surface area contributed by atoms with Gasteiger partial charge in [0.1, 0.15) is 0 Å². The Bertz CT molecular complexity index is 1430. The zero-order valence-electron chi connectivity index (χ0n) is 16.1. The van der Waals surface area contributed by atoms with Crippen molar-refractivity contribution < 1.29 is 0 Å². The van der Waals surface area contributed by atoms with Crippen molar-refractivity contribution in [1.82, 2.24) is 35.0 Å². The molecule has 1 aromatic carbocycles. The summed E-state index contributed by atoms with van der Waals surface area (Å²) in [6.07, 6.45) is 11.2. The first kappa shape index (κ1) is 17.1. The number of rotatable bonds is 3. The second kappa shape index (κ2) is 6.64. The van der Waals surface area contributed by atoms with E-state index in [9.17, 15) is 4.79 Å². The van der Waals surface area contributed by atoms with Gasteiger partial charge in [0.25, 0.3) is 0 Å². The molecule has 1 fully saturated rings. The summed E-state index contributed by atoms with van der Waals surface area (Å²) < 4.78 is 1.58. The Hall–Kier alpha value is -3.78. The summed E-state index contributed by atoms with van der Waals surface area (Å²) >= 11 is 0. The van der Waals surface area contributed by atoms with Crippen molar-refractivity contribution >= 4 is 21.9 Å². The number of aromatic nitrogens is 6. The molecular formula is C22H19N7O. The summed E-state index contributed by atoms with van der Waals surface area (Å²) in [5.41, 5.74) is 4.98. The van der Waals surface area contributed by atoms with Crippen LogP contribution < -0.4 is 11.0 Å². The molecule has 1 aliphatic rings. The molecule has 30 heavy (non-hydrogen) atoms. The van der Waals surface area contributed by atoms with Gasteiger partial charge in [-0.25, -0.2) is 9.78 Å². The quantitative estimate of drug-likeness (QED) is 0.434. The molecule has 0 aliphatic carbocycles. The molecule has 4 aromatic heterocycles. The van der Waals surface area contributed by atoms with Crippen LogP contribution in [0, 0.1) is 0 Å².